The Hall–Kier alpha value is -1.56. The molecule has 0 bridgehead atoms. The molecule has 19 heavy (non-hydrogen) atoms. The standard InChI is InChI=1S/C13H19N3O2S/c1-13(2,3)18-12(17)15-8-9-6-5-7-10(16-9)11(14)19-4/h5-7,14H,8H2,1-4H3,(H,15,17). The third kappa shape index (κ3) is 5.74. The normalized spacial score (nSPS) is 10.9. The monoisotopic (exact) mass is 281 g/mol. The second-order valence-corrected chi connectivity index (χ2v) is 5.72. The molecular formula is C13H19N3O2S. The molecule has 1 aromatic heterocycles. The Morgan fingerprint density at radius 3 is 2.74 bits per heavy atom. The van der Waals surface area contributed by atoms with Crippen molar-refractivity contribution in [1.29, 1.82) is 5.41 Å². The number of hydrogen-bond donors (Lipinski definition) is 2. The highest BCUT2D eigenvalue weighted by atomic mass is 32.2. The Bertz CT molecular complexity index is 469. The Morgan fingerprint density at radius 2 is 2.16 bits per heavy atom. The number of aromatic nitrogens is 1. The van der Waals surface area contributed by atoms with Crippen LogP contribution >= 0.6 is 11.8 Å². The molecule has 0 aliphatic carbocycles. The predicted molar refractivity (Wildman–Crippen MR) is 77.7 cm³/mol. The van der Waals surface area contributed by atoms with Gasteiger partial charge < -0.3 is 10.1 Å². The van der Waals surface area contributed by atoms with Gasteiger partial charge in [0.05, 0.1) is 17.9 Å². The summed E-state index contributed by atoms with van der Waals surface area (Å²) in [4.78, 5) is 15.8. The third-order valence-corrected chi connectivity index (χ3v) is 2.67. The molecule has 1 aromatic rings. The van der Waals surface area contributed by atoms with Crippen molar-refractivity contribution in [3.63, 3.8) is 0 Å². The van der Waals surface area contributed by atoms with E-state index in [0.29, 0.717) is 16.4 Å². The zero-order valence-corrected chi connectivity index (χ0v) is 12.4. The SMILES string of the molecule is CSC(=N)c1cccc(CNC(=O)OC(C)(C)C)n1. The van der Waals surface area contributed by atoms with Gasteiger partial charge in [-0.3, -0.25) is 5.41 Å². The number of nitrogens with one attached hydrogen (secondary N) is 2. The van der Waals surface area contributed by atoms with Crippen molar-refractivity contribution in [1.82, 2.24) is 10.3 Å². The van der Waals surface area contributed by atoms with E-state index in [2.05, 4.69) is 10.3 Å². The highest BCUT2D eigenvalue weighted by Gasteiger charge is 2.15. The smallest absolute Gasteiger partial charge is 0.407 e. The molecule has 0 aromatic carbocycles. The Kier molecular flexibility index (Phi) is 5.35. The number of carbonyl (C=O) groups excluding carboxylic acids is 1. The molecule has 5 nitrogen and oxygen atoms in total. The van der Waals surface area contributed by atoms with E-state index in [1.807, 2.05) is 33.1 Å². The lowest BCUT2D eigenvalue weighted by molar-refractivity contribution is 0.0523. The zero-order valence-electron chi connectivity index (χ0n) is 11.6. The molecule has 0 aliphatic heterocycles. The van der Waals surface area contributed by atoms with Crippen LogP contribution in [0.1, 0.15) is 32.2 Å². The fraction of sp³-hybridized carbons (Fsp3) is 0.462. The lowest BCUT2D eigenvalue weighted by Crippen LogP contribution is -2.32. The van der Waals surface area contributed by atoms with Gasteiger partial charge in [0.15, 0.2) is 0 Å². The molecule has 0 atom stereocenters. The van der Waals surface area contributed by atoms with Gasteiger partial charge >= 0.3 is 6.09 Å². The number of nitrogens with zero attached hydrogens (tertiary/aromatic N) is 1. The van der Waals surface area contributed by atoms with E-state index in [1.165, 1.54) is 11.8 Å². The number of amides is 1. The maximum Gasteiger partial charge on any atom is 0.407 e. The summed E-state index contributed by atoms with van der Waals surface area (Å²) in [6.45, 7) is 5.71. The largest absolute Gasteiger partial charge is 0.444 e. The molecule has 0 saturated carbocycles. The molecule has 1 rings (SSSR count). The number of rotatable bonds is 3. The van der Waals surface area contributed by atoms with Crippen LogP contribution in [0.5, 0.6) is 0 Å². The minimum absolute atomic E-state index is 0.282. The summed E-state index contributed by atoms with van der Waals surface area (Å²) >= 11 is 1.33. The summed E-state index contributed by atoms with van der Waals surface area (Å²) in [7, 11) is 0. The molecule has 0 radical (unpaired) electrons. The molecule has 104 valence electrons. The van der Waals surface area contributed by atoms with Crippen LogP contribution in [0.2, 0.25) is 0 Å². The van der Waals surface area contributed by atoms with Crippen LogP contribution in [0.25, 0.3) is 0 Å². The minimum Gasteiger partial charge on any atom is -0.444 e. The van der Waals surface area contributed by atoms with E-state index < -0.39 is 11.7 Å². The second kappa shape index (κ2) is 6.56. The highest BCUT2D eigenvalue weighted by molar-refractivity contribution is 8.13. The minimum atomic E-state index is -0.514. The molecule has 6 heteroatoms. The maximum atomic E-state index is 11.5. The van der Waals surface area contributed by atoms with Gasteiger partial charge in [-0.25, -0.2) is 9.78 Å². The van der Waals surface area contributed by atoms with Crippen molar-refractivity contribution in [2.75, 3.05) is 6.26 Å². The van der Waals surface area contributed by atoms with Crippen molar-refractivity contribution in [2.24, 2.45) is 0 Å². The van der Waals surface area contributed by atoms with Gasteiger partial charge in [-0.15, -0.1) is 11.8 Å². The topological polar surface area (TPSA) is 75.1 Å². The summed E-state index contributed by atoms with van der Waals surface area (Å²) in [5.41, 5.74) is 0.790. The zero-order chi connectivity index (χ0) is 14.5. The average Bonchev–Trinajstić information content (AvgIpc) is 2.34. The molecule has 0 fully saturated rings. The fourth-order valence-corrected chi connectivity index (χ4v) is 1.61. The van der Waals surface area contributed by atoms with Crippen molar-refractivity contribution in [3.8, 4) is 0 Å². The first-order valence-corrected chi connectivity index (χ1v) is 7.10. The van der Waals surface area contributed by atoms with Crippen LogP contribution in [0.15, 0.2) is 18.2 Å². The van der Waals surface area contributed by atoms with Crippen LogP contribution in [-0.4, -0.2) is 28.0 Å². The quantitative estimate of drug-likeness (QED) is 0.660. The van der Waals surface area contributed by atoms with Crippen molar-refractivity contribution in [3.05, 3.63) is 29.6 Å². The molecule has 0 aliphatic rings. The van der Waals surface area contributed by atoms with Crippen LogP contribution < -0.4 is 5.32 Å². The van der Waals surface area contributed by atoms with Gasteiger partial charge in [0.2, 0.25) is 0 Å². The maximum absolute atomic E-state index is 11.5. The molecule has 0 saturated heterocycles. The van der Waals surface area contributed by atoms with E-state index in [-0.39, 0.29) is 6.54 Å². The number of ether oxygens (including phenoxy) is 1. The Labute approximate surface area is 117 Å². The number of thioether (sulfide) groups is 1. The molecule has 0 spiro atoms. The number of pyridine rings is 1. The lowest BCUT2D eigenvalue weighted by atomic mass is 10.2. The van der Waals surface area contributed by atoms with E-state index in [9.17, 15) is 4.79 Å². The van der Waals surface area contributed by atoms with Gasteiger partial charge in [-0.1, -0.05) is 6.07 Å². The van der Waals surface area contributed by atoms with Crippen molar-refractivity contribution < 1.29 is 9.53 Å². The number of alkyl carbamates (subject to hydrolysis) is 1. The van der Waals surface area contributed by atoms with Gasteiger partial charge in [0.1, 0.15) is 10.6 Å². The van der Waals surface area contributed by atoms with Crippen LogP contribution in [-0.2, 0) is 11.3 Å². The molecule has 2 N–H and O–H groups in total. The first-order valence-electron chi connectivity index (χ1n) is 5.87. The summed E-state index contributed by atoms with van der Waals surface area (Å²) < 4.78 is 5.13. The van der Waals surface area contributed by atoms with Crippen molar-refractivity contribution >= 4 is 22.9 Å². The predicted octanol–water partition coefficient (Wildman–Crippen LogP) is 2.79. The highest BCUT2D eigenvalue weighted by Crippen LogP contribution is 2.09. The van der Waals surface area contributed by atoms with Gasteiger partial charge in [0, 0.05) is 0 Å². The van der Waals surface area contributed by atoms with Crippen LogP contribution in [0.4, 0.5) is 4.79 Å². The number of hydrogen-bond acceptors (Lipinski definition) is 5. The van der Waals surface area contributed by atoms with E-state index >= 15 is 0 Å². The van der Waals surface area contributed by atoms with Crippen molar-refractivity contribution in [2.45, 2.75) is 32.9 Å². The van der Waals surface area contributed by atoms with Gasteiger partial charge in [-0.2, -0.15) is 0 Å². The molecule has 1 amide bonds. The molecule has 0 unspecified atom stereocenters. The summed E-state index contributed by atoms with van der Waals surface area (Å²) in [5.74, 6) is 0. The van der Waals surface area contributed by atoms with Crippen LogP contribution in [0, 0.1) is 5.41 Å². The summed E-state index contributed by atoms with van der Waals surface area (Å²) in [6, 6.07) is 5.39. The first-order chi connectivity index (χ1) is 8.81. The van der Waals surface area contributed by atoms with E-state index in [1.54, 1.807) is 12.1 Å². The number of carbonyl (C=O) groups is 1. The van der Waals surface area contributed by atoms with E-state index in [4.69, 9.17) is 10.1 Å². The first kappa shape index (κ1) is 15.5. The molecular weight excluding hydrogens is 262 g/mol. The second-order valence-electron chi connectivity index (χ2n) is 4.90. The summed E-state index contributed by atoms with van der Waals surface area (Å²) in [6.07, 6.45) is 1.36. The van der Waals surface area contributed by atoms with Gasteiger partial charge in [-0.05, 0) is 39.2 Å². The average molecular weight is 281 g/mol. The van der Waals surface area contributed by atoms with Crippen LogP contribution in [0.3, 0.4) is 0 Å². The third-order valence-electron chi connectivity index (χ3n) is 2.06. The van der Waals surface area contributed by atoms with E-state index in [0.717, 1.165) is 0 Å². The Balaban J connectivity index is 2.59. The Morgan fingerprint density at radius 1 is 1.47 bits per heavy atom. The fourth-order valence-electron chi connectivity index (χ4n) is 1.29. The van der Waals surface area contributed by atoms with Gasteiger partial charge in [0.25, 0.3) is 0 Å². The lowest BCUT2D eigenvalue weighted by Gasteiger charge is -2.19. The summed E-state index contributed by atoms with van der Waals surface area (Å²) in [5, 5.41) is 10.7. The molecule has 1 heterocycles.